The number of piperidine rings is 1. The Balaban J connectivity index is 1.48. The number of aromatic nitrogens is 3. The van der Waals surface area contributed by atoms with Gasteiger partial charge in [0.05, 0.1) is 0 Å². The lowest BCUT2D eigenvalue weighted by molar-refractivity contribution is 0.0994. The molecular weight excluding hydrogens is 390 g/mol. The van der Waals surface area contributed by atoms with Crippen molar-refractivity contribution in [3.63, 3.8) is 0 Å². The fourth-order valence-electron chi connectivity index (χ4n) is 4.22. The number of aromatic amines is 1. The van der Waals surface area contributed by atoms with Crippen molar-refractivity contribution in [2.75, 3.05) is 13.1 Å². The smallest absolute Gasteiger partial charge is 0.269 e. The van der Waals surface area contributed by atoms with Gasteiger partial charge in [0, 0.05) is 17.3 Å². The predicted octanol–water partition coefficient (Wildman–Crippen LogP) is 4.00. The Bertz CT molecular complexity index is 1220. The molecule has 31 heavy (non-hydrogen) atoms. The number of imidazole rings is 1. The molecule has 1 fully saturated rings. The number of ether oxygens (including phenoxy) is 1. The molecule has 1 amide bonds. The van der Waals surface area contributed by atoms with Crippen molar-refractivity contribution in [2.45, 2.75) is 25.7 Å². The number of H-pyrrole nitrogens is 1. The zero-order chi connectivity index (χ0) is 21.4. The number of hydrogen-bond acceptors (Lipinski definition) is 4. The van der Waals surface area contributed by atoms with E-state index in [0.29, 0.717) is 23.1 Å². The van der Waals surface area contributed by atoms with Crippen molar-refractivity contribution >= 4 is 11.6 Å². The zero-order valence-corrected chi connectivity index (χ0v) is 17.4. The lowest BCUT2D eigenvalue weighted by Gasteiger charge is -2.21. The average Bonchev–Trinajstić information content (AvgIpc) is 3.36. The molecule has 5 rings (SSSR count). The average molecular weight is 415 g/mol. The van der Waals surface area contributed by atoms with E-state index in [9.17, 15) is 4.79 Å². The summed E-state index contributed by atoms with van der Waals surface area (Å²) >= 11 is 0. The van der Waals surface area contributed by atoms with Gasteiger partial charge >= 0.3 is 0 Å². The molecule has 4 aromatic rings. The highest BCUT2D eigenvalue weighted by Gasteiger charge is 2.25. The molecule has 0 bridgehead atoms. The lowest BCUT2D eigenvalue weighted by atomic mass is 9.92. The Kier molecular flexibility index (Phi) is 4.95. The lowest BCUT2D eigenvalue weighted by Crippen LogP contribution is -2.26. The van der Waals surface area contributed by atoms with Crippen molar-refractivity contribution in [1.29, 1.82) is 0 Å². The van der Waals surface area contributed by atoms with E-state index in [4.69, 9.17) is 15.5 Å². The van der Waals surface area contributed by atoms with Gasteiger partial charge in [-0.25, -0.2) is 9.50 Å². The molecule has 1 aliphatic rings. The Hall–Kier alpha value is -3.58. The molecule has 1 aliphatic heterocycles. The molecule has 1 saturated heterocycles. The number of rotatable bonds is 5. The fraction of sp³-hybridized carbons (Fsp3) is 0.250. The third kappa shape index (κ3) is 3.68. The number of fused-ring (bicyclic) bond motifs is 1. The first kappa shape index (κ1) is 19.4. The molecule has 7 nitrogen and oxygen atoms in total. The number of aryl methyl sites for hydroxylation is 1. The highest BCUT2D eigenvalue weighted by atomic mass is 16.5. The van der Waals surface area contributed by atoms with Gasteiger partial charge in [-0.15, -0.1) is 0 Å². The van der Waals surface area contributed by atoms with Crippen LogP contribution in [-0.4, -0.2) is 33.6 Å². The Labute approximate surface area is 180 Å². The molecule has 0 spiro atoms. The van der Waals surface area contributed by atoms with E-state index in [1.165, 1.54) is 5.56 Å². The Morgan fingerprint density at radius 1 is 1.06 bits per heavy atom. The van der Waals surface area contributed by atoms with Crippen molar-refractivity contribution < 1.29 is 9.53 Å². The first-order chi connectivity index (χ1) is 15.1. The number of carbonyl (C=O) groups excluding carboxylic acids is 1. The van der Waals surface area contributed by atoms with Crippen LogP contribution in [0.2, 0.25) is 0 Å². The quantitative estimate of drug-likeness (QED) is 0.459. The first-order valence-electron chi connectivity index (χ1n) is 10.6. The SMILES string of the molecule is Cc1ccc(Oc2ccc(-c3nc4c(C5CCNCC5)c[nH]n4c3C(N)=O)cc2)cc1. The minimum absolute atomic E-state index is 0.363. The molecule has 0 saturated carbocycles. The summed E-state index contributed by atoms with van der Waals surface area (Å²) < 4.78 is 7.63. The maximum absolute atomic E-state index is 12.3. The number of nitrogens with two attached hydrogens (primary N) is 1. The number of nitrogens with one attached hydrogen (secondary N) is 2. The monoisotopic (exact) mass is 415 g/mol. The molecule has 4 N–H and O–H groups in total. The topological polar surface area (TPSA) is 97.4 Å². The van der Waals surface area contributed by atoms with Crippen molar-refractivity contribution in [3.05, 3.63) is 71.5 Å². The second-order valence-corrected chi connectivity index (χ2v) is 8.02. The second-order valence-electron chi connectivity index (χ2n) is 8.02. The van der Waals surface area contributed by atoms with Crippen molar-refractivity contribution in [2.24, 2.45) is 5.73 Å². The minimum atomic E-state index is -0.513. The normalized spacial score (nSPS) is 14.7. The van der Waals surface area contributed by atoms with Gasteiger partial charge in [-0.3, -0.25) is 9.89 Å². The van der Waals surface area contributed by atoms with E-state index in [0.717, 1.165) is 48.5 Å². The van der Waals surface area contributed by atoms with Gasteiger partial charge in [0.15, 0.2) is 11.3 Å². The highest BCUT2D eigenvalue weighted by Crippen LogP contribution is 2.33. The summed E-state index contributed by atoms with van der Waals surface area (Å²) in [4.78, 5) is 17.1. The Morgan fingerprint density at radius 3 is 2.35 bits per heavy atom. The summed E-state index contributed by atoms with van der Waals surface area (Å²) in [6.07, 6.45) is 4.05. The van der Waals surface area contributed by atoms with E-state index in [1.807, 2.05) is 61.7 Å². The van der Waals surface area contributed by atoms with Crippen LogP contribution in [0.15, 0.2) is 54.7 Å². The van der Waals surface area contributed by atoms with Gasteiger partial charge in [0.2, 0.25) is 0 Å². The fourth-order valence-corrected chi connectivity index (χ4v) is 4.22. The van der Waals surface area contributed by atoms with Crippen LogP contribution in [0.25, 0.3) is 16.9 Å². The molecule has 0 radical (unpaired) electrons. The maximum Gasteiger partial charge on any atom is 0.269 e. The molecule has 2 aromatic heterocycles. The number of benzene rings is 2. The van der Waals surface area contributed by atoms with Crippen LogP contribution in [0.4, 0.5) is 0 Å². The van der Waals surface area contributed by atoms with Crippen LogP contribution in [-0.2, 0) is 0 Å². The summed E-state index contributed by atoms with van der Waals surface area (Å²) in [6.45, 7) is 4.01. The summed E-state index contributed by atoms with van der Waals surface area (Å²) in [5.74, 6) is 1.39. The second kappa shape index (κ2) is 7.92. The first-order valence-corrected chi connectivity index (χ1v) is 10.6. The molecule has 7 heteroatoms. The molecule has 158 valence electrons. The van der Waals surface area contributed by atoms with Crippen LogP contribution in [0, 0.1) is 6.92 Å². The van der Waals surface area contributed by atoms with Gasteiger partial charge in [-0.2, -0.15) is 0 Å². The number of hydrogen-bond donors (Lipinski definition) is 3. The van der Waals surface area contributed by atoms with Crippen LogP contribution < -0.4 is 15.8 Å². The molecule has 3 heterocycles. The maximum atomic E-state index is 12.3. The Morgan fingerprint density at radius 2 is 1.71 bits per heavy atom. The number of amides is 1. The van der Waals surface area contributed by atoms with E-state index in [2.05, 4.69) is 10.4 Å². The van der Waals surface area contributed by atoms with E-state index in [-0.39, 0.29) is 0 Å². The third-order valence-electron chi connectivity index (χ3n) is 5.88. The molecular formula is C24H25N5O2. The molecule has 0 unspecified atom stereocenters. The van der Waals surface area contributed by atoms with Gasteiger partial charge in [-0.05, 0) is 75.2 Å². The van der Waals surface area contributed by atoms with Crippen LogP contribution in [0.5, 0.6) is 11.5 Å². The van der Waals surface area contributed by atoms with Gasteiger partial charge in [0.25, 0.3) is 5.91 Å². The third-order valence-corrected chi connectivity index (χ3v) is 5.88. The van der Waals surface area contributed by atoms with Crippen LogP contribution >= 0.6 is 0 Å². The summed E-state index contributed by atoms with van der Waals surface area (Å²) in [7, 11) is 0. The van der Waals surface area contributed by atoms with Gasteiger partial charge < -0.3 is 15.8 Å². The van der Waals surface area contributed by atoms with E-state index < -0.39 is 5.91 Å². The van der Waals surface area contributed by atoms with Crippen LogP contribution in [0.1, 0.15) is 40.4 Å². The summed E-state index contributed by atoms with van der Waals surface area (Å²) in [6, 6.07) is 15.5. The largest absolute Gasteiger partial charge is 0.457 e. The standard InChI is InChI=1S/C24H25N5O2/c1-15-2-6-18(7-3-15)31-19-8-4-17(5-9-19)21-22(23(25)30)29-24(28-21)20(14-27-29)16-10-12-26-13-11-16/h2-9,14,16,26-27H,10-13H2,1H3,(H2,25,30). The van der Waals surface area contributed by atoms with Crippen LogP contribution in [0.3, 0.4) is 0 Å². The van der Waals surface area contributed by atoms with E-state index in [1.54, 1.807) is 4.52 Å². The highest BCUT2D eigenvalue weighted by molar-refractivity contribution is 5.98. The summed E-state index contributed by atoms with van der Waals surface area (Å²) in [5, 5.41) is 6.57. The number of nitrogens with zero attached hydrogens (tertiary/aromatic N) is 2. The molecule has 0 aliphatic carbocycles. The van der Waals surface area contributed by atoms with E-state index >= 15 is 0 Å². The number of primary amides is 1. The van der Waals surface area contributed by atoms with Crippen molar-refractivity contribution in [3.8, 4) is 22.8 Å². The zero-order valence-electron chi connectivity index (χ0n) is 17.4. The van der Waals surface area contributed by atoms with Gasteiger partial charge in [0.1, 0.15) is 17.2 Å². The number of carbonyl (C=O) groups is 1. The molecule has 0 atom stereocenters. The van der Waals surface area contributed by atoms with Crippen molar-refractivity contribution in [1.82, 2.24) is 19.9 Å². The molecule has 2 aromatic carbocycles. The van der Waals surface area contributed by atoms with Gasteiger partial charge in [-0.1, -0.05) is 17.7 Å². The minimum Gasteiger partial charge on any atom is -0.457 e. The predicted molar refractivity (Wildman–Crippen MR) is 120 cm³/mol. The summed E-state index contributed by atoms with van der Waals surface area (Å²) in [5.41, 5.74) is 10.6.